The molecule has 0 bridgehead atoms. The van der Waals surface area contributed by atoms with Gasteiger partial charge in [0.15, 0.2) is 0 Å². The molecule has 212 valence electrons. The van der Waals surface area contributed by atoms with Crippen LogP contribution >= 0.6 is 0 Å². The third-order valence-corrected chi connectivity index (χ3v) is 8.30. The number of ether oxygens (including phenoxy) is 3. The Morgan fingerprint density at radius 2 is 1.61 bits per heavy atom. The first-order valence-electron chi connectivity index (χ1n) is 13.8. The van der Waals surface area contributed by atoms with E-state index in [0.29, 0.717) is 40.4 Å². The molecule has 0 saturated heterocycles. The maximum absolute atomic E-state index is 12.5. The molecule has 6 rings (SSSR count). The van der Waals surface area contributed by atoms with Gasteiger partial charge in [0, 0.05) is 34.1 Å². The minimum Gasteiger partial charge on any atom is -0.496 e. The standard InChI is InChI=1S/C34H34O7/c1-8-32(2,3)27-30-22(11-14-25(36)39-30)29-26-20(17-33(4,5)40-31(26)27)18-34(6,41-29)16-15-21-23(37-7)12-9-19-10-13-24(35)38-28(19)21/h8-16,20H,1,17-18H2,2-7H3/t20-,34-/m0/s1. The van der Waals surface area contributed by atoms with Gasteiger partial charge in [-0.15, -0.1) is 6.58 Å². The molecule has 41 heavy (non-hydrogen) atoms. The molecule has 0 amide bonds. The zero-order chi connectivity index (χ0) is 29.3. The fourth-order valence-electron chi connectivity index (χ4n) is 6.33. The van der Waals surface area contributed by atoms with E-state index in [-0.39, 0.29) is 5.92 Å². The zero-order valence-corrected chi connectivity index (χ0v) is 24.3. The van der Waals surface area contributed by atoms with Crippen LogP contribution in [0.4, 0.5) is 0 Å². The lowest BCUT2D eigenvalue weighted by Crippen LogP contribution is -2.43. The Morgan fingerprint density at radius 1 is 0.927 bits per heavy atom. The van der Waals surface area contributed by atoms with Crippen LogP contribution < -0.4 is 25.5 Å². The normalized spacial score (nSPS) is 21.4. The lowest BCUT2D eigenvalue weighted by atomic mass is 9.72. The van der Waals surface area contributed by atoms with Crippen LogP contribution in [0.25, 0.3) is 28.0 Å². The van der Waals surface area contributed by atoms with Gasteiger partial charge in [-0.25, -0.2) is 9.59 Å². The average molecular weight is 555 g/mol. The molecule has 2 aromatic carbocycles. The van der Waals surface area contributed by atoms with Crippen molar-refractivity contribution in [3.63, 3.8) is 0 Å². The minimum absolute atomic E-state index is 0.107. The molecule has 0 spiro atoms. The highest BCUT2D eigenvalue weighted by atomic mass is 16.5. The van der Waals surface area contributed by atoms with E-state index in [1.807, 2.05) is 51.1 Å². The summed E-state index contributed by atoms with van der Waals surface area (Å²) < 4.78 is 30.6. The zero-order valence-electron chi connectivity index (χ0n) is 24.3. The van der Waals surface area contributed by atoms with Crippen LogP contribution in [0, 0.1) is 0 Å². The van der Waals surface area contributed by atoms with Gasteiger partial charge in [0.25, 0.3) is 0 Å². The monoisotopic (exact) mass is 554 g/mol. The average Bonchev–Trinajstić information content (AvgIpc) is 2.90. The maximum Gasteiger partial charge on any atom is 0.336 e. The Hall–Kier alpha value is -4.26. The first-order valence-corrected chi connectivity index (χ1v) is 13.8. The summed E-state index contributed by atoms with van der Waals surface area (Å²) >= 11 is 0. The van der Waals surface area contributed by atoms with Crippen molar-refractivity contribution in [3.05, 3.63) is 92.7 Å². The van der Waals surface area contributed by atoms with E-state index in [4.69, 9.17) is 23.0 Å². The summed E-state index contributed by atoms with van der Waals surface area (Å²) in [5, 5.41) is 1.51. The molecular weight excluding hydrogens is 520 g/mol. The predicted molar refractivity (Wildman–Crippen MR) is 159 cm³/mol. The number of hydrogen-bond donors (Lipinski definition) is 0. The Kier molecular flexibility index (Phi) is 6.00. The maximum atomic E-state index is 12.5. The van der Waals surface area contributed by atoms with Crippen LogP contribution in [0.15, 0.2) is 73.6 Å². The number of rotatable bonds is 5. The van der Waals surface area contributed by atoms with Crippen molar-refractivity contribution in [1.29, 1.82) is 0 Å². The largest absolute Gasteiger partial charge is 0.496 e. The number of fused-ring (bicyclic) bond motifs is 3. The third kappa shape index (κ3) is 4.44. The molecule has 0 fully saturated rings. The number of methoxy groups -OCH3 is 1. The van der Waals surface area contributed by atoms with Gasteiger partial charge in [0.2, 0.25) is 0 Å². The van der Waals surface area contributed by atoms with Gasteiger partial charge in [0.1, 0.15) is 39.6 Å². The lowest BCUT2D eigenvalue weighted by Gasteiger charge is -2.47. The molecule has 7 nitrogen and oxygen atoms in total. The van der Waals surface area contributed by atoms with Crippen molar-refractivity contribution in [1.82, 2.24) is 0 Å². The van der Waals surface area contributed by atoms with Gasteiger partial charge in [-0.2, -0.15) is 0 Å². The molecule has 4 heterocycles. The topological polar surface area (TPSA) is 88.1 Å². The van der Waals surface area contributed by atoms with Gasteiger partial charge < -0.3 is 23.0 Å². The highest BCUT2D eigenvalue weighted by molar-refractivity contribution is 5.93. The predicted octanol–water partition coefficient (Wildman–Crippen LogP) is 7.27. The van der Waals surface area contributed by atoms with E-state index in [9.17, 15) is 9.59 Å². The SMILES string of the molecule is C=CC(C)(C)c1c2c3c(c4ccc(=O)oc14)O[C@@](C)(C=Cc1c(OC)ccc4ccc(=O)oc14)C[C@@H]3CC(C)(C)O2. The van der Waals surface area contributed by atoms with Crippen molar-refractivity contribution >= 4 is 28.0 Å². The van der Waals surface area contributed by atoms with Crippen LogP contribution in [0.3, 0.4) is 0 Å². The molecule has 2 atom stereocenters. The van der Waals surface area contributed by atoms with Crippen LogP contribution in [0.5, 0.6) is 17.2 Å². The number of benzene rings is 2. The second kappa shape index (κ2) is 9.13. The Balaban J connectivity index is 1.57. The van der Waals surface area contributed by atoms with Gasteiger partial charge >= 0.3 is 11.3 Å². The van der Waals surface area contributed by atoms with Crippen molar-refractivity contribution in [2.75, 3.05) is 7.11 Å². The fourth-order valence-corrected chi connectivity index (χ4v) is 6.33. The highest BCUT2D eigenvalue weighted by Gasteiger charge is 2.47. The Bertz CT molecular complexity index is 1870. The van der Waals surface area contributed by atoms with Gasteiger partial charge in [0.05, 0.1) is 18.1 Å². The number of hydrogen-bond acceptors (Lipinski definition) is 7. The molecule has 0 saturated carbocycles. The molecular formula is C34H34O7. The second-order valence-corrected chi connectivity index (χ2v) is 12.4. The Morgan fingerprint density at radius 3 is 2.32 bits per heavy atom. The van der Waals surface area contributed by atoms with Crippen LogP contribution in [0.1, 0.15) is 70.1 Å². The summed E-state index contributed by atoms with van der Waals surface area (Å²) in [6, 6.07) is 10.0. The van der Waals surface area contributed by atoms with E-state index in [0.717, 1.165) is 28.3 Å². The van der Waals surface area contributed by atoms with Crippen LogP contribution in [0.2, 0.25) is 0 Å². The minimum atomic E-state index is -0.747. The van der Waals surface area contributed by atoms with Crippen molar-refractivity contribution in [3.8, 4) is 17.2 Å². The fraction of sp³-hybridized carbons (Fsp3) is 0.353. The smallest absolute Gasteiger partial charge is 0.336 e. The summed E-state index contributed by atoms with van der Waals surface area (Å²) in [6.07, 6.45) is 7.21. The molecule has 2 aliphatic heterocycles. The van der Waals surface area contributed by atoms with Crippen molar-refractivity contribution in [2.45, 2.75) is 70.0 Å². The second-order valence-electron chi connectivity index (χ2n) is 12.4. The van der Waals surface area contributed by atoms with Crippen molar-refractivity contribution in [2.24, 2.45) is 0 Å². The van der Waals surface area contributed by atoms with Crippen molar-refractivity contribution < 1.29 is 23.0 Å². The lowest BCUT2D eigenvalue weighted by molar-refractivity contribution is 0.0319. The van der Waals surface area contributed by atoms with E-state index in [2.05, 4.69) is 20.4 Å². The molecule has 7 heteroatoms. The molecule has 0 N–H and O–H groups in total. The molecule has 4 aromatic rings. The molecule has 2 aromatic heterocycles. The highest BCUT2D eigenvalue weighted by Crippen LogP contribution is 2.58. The summed E-state index contributed by atoms with van der Waals surface area (Å²) in [6.45, 7) is 14.3. The van der Waals surface area contributed by atoms with Gasteiger partial charge in [-0.1, -0.05) is 19.9 Å². The summed E-state index contributed by atoms with van der Waals surface area (Å²) in [5.74, 6) is 2.05. The van der Waals surface area contributed by atoms with Gasteiger partial charge in [-0.3, -0.25) is 0 Å². The van der Waals surface area contributed by atoms with Crippen LogP contribution in [-0.4, -0.2) is 18.3 Å². The van der Waals surface area contributed by atoms with E-state index in [1.54, 1.807) is 19.2 Å². The first-order chi connectivity index (χ1) is 19.3. The quantitative estimate of drug-likeness (QED) is 0.189. The summed E-state index contributed by atoms with van der Waals surface area (Å²) in [5.41, 5.74) is 0.725. The summed E-state index contributed by atoms with van der Waals surface area (Å²) in [4.78, 5) is 24.6. The number of allylic oxidation sites excluding steroid dienone is 1. The first kappa shape index (κ1) is 26.9. The molecule has 0 radical (unpaired) electrons. The van der Waals surface area contributed by atoms with E-state index < -0.39 is 27.9 Å². The molecule has 0 unspecified atom stereocenters. The van der Waals surface area contributed by atoms with E-state index in [1.165, 1.54) is 12.1 Å². The third-order valence-electron chi connectivity index (χ3n) is 8.30. The van der Waals surface area contributed by atoms with Gasteiger partial charge in [-0.05, 0) is 75.9 Å². The Labute approximate surface area is 238 Å². The van der Waals surface area contributed by atoms with Crippen LogP contribution in [-0.2, 0) is 5.41 Å². The van der Waals surface area contributed by atoms with E-state index >= 15 is 0 Å². The molecule has 0 aliphatic carbocycles. The summed E-state index contributed by atoms with van der Waals surface area (Å²) in [7, 11) is 1.59. The molecule has 2 aliphatic rings.